The van der Waals surface area contributed by atoms with Gasteiger partial charge in [0.05, 0.1) is 0 Å². The highest BCUT2D eigenvalue weighted by atomic mass is 16.7. The first-order valence-electron chi connectivity index (χ1n) is 2.58. The van der Waals surface area contributed by atoms with Crippen LogP contribution in [-0.2, 0) is 9.63 Å². The molecule has 4 heteroatoms. The Bertz CT molecular complexity index is 112. The van der Waals surface area contributed by atoms with Gasteiger partial charge in [-0.25, -0.2) is 4.79 Å². The van der Waals surface area contributed by atoms with Crippen LogP contribution in [0.1, 0.15) is 6.42 Å². The van der Waals surface area contributed by atoms with Crippen molar-refractivity contribution < 1.29 is 9.63 Å². The zero-order valence-electron chi connectivity index (χ0n) is 5.04. The van der Waals surface area contributed by atoms with Gasteiger partial charge >= 0.3 is 5.97 Å². The molecule has 4 N–H and O–H groups in total. The number of carbonyl (C=O) groups excluding carboxylic acids is 1. The van der Waals surface area contributed by atoms with E-state index < -0.39 is 5.97 Å². The van der Waals surface area contributed by atoms with Crippen LogP contribution < -0.4 is 11.6 Å². The van der Waals surface area contributed by atoms with E-state index in [4.69, 9.17) is 5.73 Å². The highest BCUT2D eigenvalue weighted by molar-refractivity contribution is 5.81. The first-order chi connectivity index (χ1) is 4.31. The Labute approximate surface area is 53.4 Å². The van der Waals surface area contributed by atoms with Crippen molar-refractivity contribution in [2.45, 2.75) is 6.42 Å². The Morgan fingerprint density at radius 1 is 1.67 bits per heavy atom. The molecule has 0 aliphatic rings. The van der Waals surface area contributed by atoms with Crippen LogP contribution in [0.3, 0.4) is 0 Å². The van der Waals surface area contributed by atoms with Gasteiger partial charge in [0.15, 0.2) is 0 Å². The predicted molar refractivity (Wildman–Crippen MR) is 33.1 cm³/mol. The lowest BCUT2D eigenvalue weighted by Gasteiger charge is -1.86. The maximum Gasteiger partial charge on any atom is 0.348 e. The van der Waals surface area contributed by atoms with Crippen molar-refractivity contribution in [3.8, 4) is 0 Å². The Balaban J connectivity index is 3.32. The van der Waals surface area contributed by atoms with E-state index in [-0.39, 0.29) is 0 Å². The van der Waals surface area contributed by atoms with Crippen molar-refractivity contribution >= 4 is 5.97 Å². The average molecular weight is 130 g/mol. The molecule has 0 bridgehead atoms. The van der Waals surface area contributed by atoms with Gasteiger partial charge in [0.1, 0.15) is 0 Å². The van der Waals surface area contributed by atoms with E-state index in [9.17, 15) is 4.79 Å². The second-order valence-electron chi connectivity index (χ2n) is 1.42. The van der Waals surface area contributed by atoms with Gasteiger partial charge in [-0.2, -0.15) is 5.90 Å². The van der Waals surface area contributed by atoms with Crippen LogP contribution in [0.25, 0.3) is 0 Å². The molecule has 0 aromatic heterocycles. The molecule has 0 saturated heterocycles. The van der Waals surface area contributed by atoms with E-state index in [0.29, 0.717) is 13.0 Å². The Kier molecular flexibility index (Phi) is 4.76. The van der Waals surface area contributed by atoms with Crippen molar-refractivity contribution in [2.75, 3.05) is 6.54 Å². The maximum absolute atomic E-state index is 10.2. The summed E-state index contributed by atoms with van der Waals surface area (Å²) in [5.74, 6) is 3.97. The maximum atomic E-state index is 10.2. The molecule has 0 saturated carbocycles. The monoisotopic (exact) mass is 130 g/mol. The summed E-state index contributed by atoms with van der Waals surface area (Å²) in [5.41, 5.74) is 5.12. The molecule has 0 fully saturated rings. The van der Waals surface area contributed by atoms with Crippen LogP contribution >= 0.6 is 0 Å². The number of nitrogens with two attached hydrogens (primary N) is 2. The first-order valence-corrected chi connectivity index (χ1v) is 2.58. The molecule has 9 heavy (non-hydrogen) atoms. The van der Waals surface area contributed by atoms with Crippen molar-refractivity contribution in [2.24, 2.45) is 11.6 Å². The Morgan fingerprint density at radius 2 is 2.33 bits per heavy atom. The summed E-state index contributed by atoms with van der Waals surface area (Å²) >= 11 is 0. The molecule has 0 spiro atoms. The number of hydrogen-bond acceptors (Lipinski definition) is 4. The normalized spacial score (nSPS) is 10.0. The van der Waals surface area contributed by atoms with E-state index >= 15 is 0 Å². The summed E-state index contributed by atoms with van der Waals surface area (Å²) in [4.78, 5) is 14.0. The third-order valence-corrected chi connectivity index (χ3v) is 0.703. The lowest BCUT2D eigenvalue weighted by atomic mass is 10.4. The molecule has 52 valence electrons. The molecule has 0 heterocycles. The van der Waals surface area contributed by atoms with E-state index in [0.717, 1.165) is 0 Å². The number of carbonyl (C=O) groups is 1. The molecular weight excluding hydrogens is 120 g/mol. The van der Waals surface area contributed by atoms with Gasteiger partial charge in [0.2, 0.25) is 0 Å². The molecule has 0 aromatic rings. The molecule has 0 atom stereocenters. The van der Waals surface area contributed by atoms with E-state index in [1.54, 1.807) is 6.08 Å². The molecule has 0 aliphatic carbocycles. The van der Waals surface area contributed by atoms with Gasteiger partial charge in [-0.15, -0.1) is 0 Å². The Hall–Kier alpha value is -0.870. The predicted octanol–water partition coefficient (Wildman–Crippen LogP) is -0.692. The van der Waals surface area contributed by atoms with Gasteiger partial charge in [-0.1, -0.05) is 6.08 Å². The van der Waals surface area contributed by atoms with E-state index in [2.05, 4.69) is 10.7 Å². The molecule has 0 amide bonds. The van der Waals surface area contributed by atoms with Gasteiger partial charge in [0.25, 0.3) is 0 Å². The van der Waals surface area contributed by atoms with Crippen LogP contribution in [-0.4, -0.2) is 12.5 Å². The summed E-state index contributed by atoms with van der Waals surface area (Å²) in [6.45, 7) is 0.522. The van der Waals surface area contributed by atoms with Crippen molar-refractivity contribution in [3.05, 3.63) is 12.2 Å². The summed E-state index contributed by atoms with van der Waals surface area (Å²) in [6, 6.07) is 0. The molecule has 0 unspecified atom stereocenters. The Morgan fingerprint density at radius 3 is 2.78 bits per heavy atom. The van der Waals surface area contributed by atoms with Crippen LogP contribution in [0.15, 0.2) is 12.2 Å². The third-order valence-electron chi connectivity index (χ3n) is 0.703. The number of rotatable bonds is 3. The lowest BCUT2D eigenvalue weighted by molar-refractivity contribution is -0.138. The standard InChI is InChI=1S/C5H10N2O2/c6-4-2-1-3-5(8)9-7/h1,3H,2,4,6-7H2. The van der Waals surface area contributed by atoms with Crippen LogP contribution in [0, 0.1) is 0 Å². The fraction of sp³-hybridized carbons (Fsp3) is 0.400. The zero-order valence-corrected chi connectivity index (χ0v) is 5.04. The minimum atomic E-state index is -0.552. The zero-order chi connectivity index (χ0) is 7.11. The molecule has 0 aliphatic heterocycles. The lowest BCUT2D eigenvalue weighted by Crippen LogP contribution is -2.06. The second-order valence-corrected chi connectivity index (χ2v) is 1.42. The largest absolute Gasteiger partial charge is 0.370 e. The smallest absolute Gasteiger partial charge is 0.348 e. The fourth-order valence-electron chi connectivity index (χ4n) is 0.315. The third kappa shape index (κ3) is 4.99. The van der Waals surface area contributed by atoms with Gasteiger partial charge < -0.3 is 10.6 Å². The van der Waals surface area contributed by atoms with Crippen molar-refractivity contribution in [1.29, 1.82) is 0 Å². The van der Waals surface area contributed by atoms with Gasteiger partial charge in [0, 0.05) is 6.08 Å². The second kappa shape index (κ2) is 5.27. The van der Waals surface area contributed by atoms with Crippen LogP contribution in [0.2, 0.25) is 0 Å². The molecule has 0 radical (unpaired) electrons. The average Bonchev–Trinajstić information content (AvgIpc) is 1.89. The highest BCUT2D eigenvalue weighted by Crippen LogP contribution is 1.79. The molecule has 0 rings (SSSR count). The van der Waals surface area contributed by atoms with E-state index in [1.807, 2.05) is 0 Å². The summed E-state index contributed by atoms with van der Waals surface area (Å²) in [5, 5.41) is 0. The minimum Gasteiger partial charge on any atom is -0.370 e. The van der Waals surface area contributed by atoms with Crippen molar-refractivity contribution in [1.82, 2.24) is 0 Å². The molecular formula is C5H10N2O2. The van der Waals surface area contributed by atoms with E-state index in [1.165, 1.54) is 6.08 Å². The minimum absolute atomic E-state index is 0.522. The van der Waals surface area contributed by atoms with Crippen LogP contribution in [0.4, 0.5) is 0 Å². The highest BCUT2D eigenvalue weighted by Gasteiger charge is 1.88. The first kappa shape index (κ1) is 8.13. The summed E-state index contributed by atoms with van der Waals surface area (Å²) in [7, 11) is 0. The molecule has 4 nitrogen and oxygen atoms in total. The van der Waals surface area contributed by atoms with Crippen molar-refractivity contribution in [3.63, 3.8) is 0 Å². The van der Waals surface area contributed by atoms with Crippen LogP contribution in [0.5, 0.6) is 0 Å². The topological polar surface area (TPSA) is 78.3 Å². The quantitative estimate of drug-likeness (QED) is 0.391. The fourth-order valence-corrected chi connectivity index (χ4v) is 0.315. The summed E-state index contributed by atoms with van der Waals surface area (Å²) < 4.78 is 0. The molecule has 0 aromatic carbocycles. The SMILES string of the molecule is NCCC=CC(=O)ON. The van der Waals surface area contributed by atoms with Gasteiger partial charge in [-0.05, 0) is 13.0 Å². The number of hydrogen-bond donors (Lipinski definition) is 2. The summed E-state index contributed by atoms with van der Waals surface area (Å²) in [6.07, 6.45) is 3.51. The van der Waals surface area contributed by atoms with Gasteiger partial charge in [-0.3, -0.25) is 0 Å².